The normalized spacial score (nSPS) is 56.5. The lowest BCUT2D eigenvalue weighted by molar-refractivity contribution is 0.0575. The largest absolute Gasteiger partial charge is 0.247 e. The van der Waals surface area contributed by atoms with Gasteiger partial charge in [-0.05, 0) is 74.0 Å². The molecule has 3 rings (SSSR count). The minimum atomic E-state index is -0.953. The van der Waals surface area contributed by atoms with Gasteiger partial charge in [0.25, 0.3) is 0 Å². The Hall–Kier alpha value is -0.210. The summed E-state index contributed by atoms with van der Waals surface area (Å²) in [6, 6.07) is 0. The van der Waals surface area contributed by atoms with E-state index in [9.17, 15) is 13.2 Å². The van der Waals surface area contributed by atoms with E-state index in [-0.39, 0.29) is 17.8 Å². The maximum Gasteiger partial charge on any atom is 0.104 e. The van der Waals surface area contributed by atoms with E-state index in [1.807, 2.05) is 6.92 Å². The van der Waals surface area contributed by atoms with Crippen molar-refractivity contribution in [1.29, 1.82) is 0 Å². The molecule has 3 fully saturated rings. The number of hydrogen-bond acceptors (Lipinski definition) is 0. The molecular weight excluding hydrogens is 261 g/mol. The van der Waals surface area contributed by atoms with E-state index < -0.39 is 18.5 Å². The molecular formula is C17H27F3. The predicted octanol–water partition coefficient (Wildman–Crippen LogP) is 5.12. The fraction of sp³-hybridized carbons (Fsp3) is 1.00. The summed E-state index contributed by atoms with van der Waals surface area (Å²) in [5, 5.41) is 0. The molecule has 0 amide bonds. The van der Waals surface area contributed by atoms with Crippen LogP contribution in [0.1, 0.15) is 52.4 Å². The van der Waals surface area contributed by atoms with E-state index in [1.165, 1.54) is 0 Å². The molecule has 0 radical (unpaired) electrons. The van der Waals surface area contributed by atoms with Gasteiger partial charge in [0.15, 0.2) is 0 Å². The highest BCUT2D eigenvalue weighted by Crippen LogP contribution is 2.58. The van der Waals surface area contributed by atoms with Crippen LogP contribution in [0.5, 0.6) is 0 Å². The highest BCUT2D eigenvalue weighted by molar-refractivity contribution is 5.02. The van der Waals surface area contributed by atoms with Crippen molar-refractivity contribution >= 4 is 0 Å². The predicted molar refractivity (Wildman–Crippen MR) is 74.7 cm³/mol. The molecule has 0 nitrogen and oxygen atoms in total. The summed E-state index contributed by atoms with van der Waals surface area (Å²) in [5.41, 5.74) is 0. The second kappa shape index (κ2) is 5.53. The highest BCUT2D eigenvalue weighted by Gasteiger charge is 2.53. The molecule has 0 N–H and O–H groups in total. The highest BCUT2D eigenvalue weighted by atomic mass is 19.1. The van der Waals surface area contributed by atoms with Gasteiger partial charge in [0.05, 0.1) is 0 Å². The van der Waals surface area contributed by atoms with Crippen molar-refractivity contribution in [3.05, 3.63) is 0 Å². The van der Waals surface area contributed by atoms with E-state index in [2.05, 4.69) is 6.92 Å². The Morgan fingerprint density at radius 1 is 0.750 bits per heavy atom. The molecule has 0 heterocycles. The van der Waals surface area contributed by atoms with Crippen molar-refractivity contribution in [3.63, 3.8) is 0 Å². The van der Waals surface area contributed by atoms with Gasteiger partial charge in [0, 0.05) is 0 Å². The van der Waals surface area contributed by atoms with Crippen molar-refractivity contribution in [2.45, 2.75) is 70.9 Å². The topological polar surface area (TPSA) is 0 Å². The van der Waals surface area contributed by atoms with Crippen LogP contribution in [0, 0.1) is 35.5 Å². The summed E-state index contributed by atoms with van der Waals surface area (Å²) in [5.74, 6) is 1.08. The van der Waals surface area contributed by atoms with Gasteiger partial charge in [-0.3, -0.25) is 0 Å². The molecule has 3 aliphatic rings. The lowest BCUT2D eigenvalue weighted by atomic mass is 9.73. The second-order valence-corrected chi connectivity index (χ2v) is 7.78. The molecule has 0 aliphatic heterocycles. The van der Waals surface area contributed by atoms with Gasteiger partial charge in [-0.25, -0.2) is 13.2 Å². The van der Waals surface area contributed by atoms with E-state index >= 15 is 0 Å². The first-order chi connectivity index (χ1) is 9.47. The summed E-state index contributed by atoms with van der Waals surface area (Å²) < 4.78 is 42.9. The first-order valence-electron chi connectivity index (χ1n) is 8.39. The third-order valence-electron chi connectivity index (χ3n) is 6.25. The molecule has 0 aromatic heterocycles. The molecule has 0 aromatic rings. The molecule has 0 bridgehead atoms. The van der Waals surface area contributed by atoms with Crippen LogP contribution < -0.4 is 0 Å². The molecule has 5 unspecified atom stereocenters. The number of alkyl halides is 3. The minimum Gasteiger partial charge on any atom is -0.247 e. The van der Waals surface area contributed by atoms with Gasteiger partial charge in [0.2, 0.25) is 0 Å². The SMILES string of the molecule is CC1CC(F)C([C@H]2C[C@@H](F)CC[C@@H](F)[C@@H]2C)C2CC2C1. The summed E-state index contributed by atoms with van der Waals surface area (Å²) in [6.45, 7) is 4.00. The number of halogens is 3. The number of fused-ring (bicyclic) bond motifs is 1. The fourth-order valence-electron chi connectivity index (χ4n) is 5.03. The van der Waals surface area contributed by atoms with Crippen LogP contribution >= 0.6 is 0 Å². The van der Waals surface area contributed by atoms with Crippen LogP contribution in [0.15, 0.2) is 0 Å². The average Bonchev–Trinajstić information content (AvgIpc) is 3.13. The Bertz CT molecular complexity index is 345. The van der Waals surface area contributed by atoms with Gasteiger partial charge in [-0.15, -0.1) is 0 Å². The quantitative estimate of drug-likeness (QED) is 0.587. The molecule has 0 saturated heterocycles. The summed E-state index contributed by atoms with van der Waals surface area (Å²) in [7, 11) is 0. The van der Waals surface area contributed by atoms with Crippen LogP contribution in [0.25, 0.3) is 0 Å². The van der Waals surface area contributed by atoms with Crippen molar-refractivity contribution in [1.82, 2.24) is 0 Å². The number of rotatable bonds is 1. The second-order valence-electron chi connectivity index (χ2n) is 7.78. The van der Waals surface area contributed by atoms with E-state index in [1.54, 1.807) is 0 Å². The Labute approximate surface area is 120 Å². The molecule has 3 saturated carbocycles. The van der Waals surface area contributed by atoms with E-state index in [0.29, 0.717) is 43.4 Å². The van der Waals surface area contributed by atoms with Gasteiger partial charge < -0.3 is 0 Å². The Morgan fingerprint density at radius 2 is 1.50 bits per heavy atom. The van der Waals surface area contributed by atoms with Crippen molar-refractivity contribution < 1.29 is 13.2 Å². The Morgan fingerprint density at radius 3 is 2.25 bits per heavy atom. The summed E-state index contributed by atoms with van der Waals surface area (Å²) in [6.07, 6.45) is 1.06. The van der Waals surface area contributed by atoms with Gasteiger partial charge in [0.1, 0.15) is 18.5 Å². The summed E-state index contributed by atoms with van der Waals surface area (Å²) in [4.78, 5) is 0. The lowest BCUT2D eigenvalue weighted by Gasteiger charge is -2.34. The standard InChI is InChI=1S/C17H27F3/c1-9-5-11-7-14(11)17(16(20)6-9)13-8-12(18)3-4-15(19)10(13)2/h9-17H,3-8H2,1-2H3/t9?,10-,11?,12+,13+,14?,15-,16?,17?/m1/s1. The zero-order valence-corrected chi connectivity index (χ0v) is 12.6. The lowest BCUT2D eigenvalue weighted by Crippen LogP contribution is -2.35. The van der Waals surface area contributed by atoms with Crippen LogP contribution in [0.3, 0.4) is 0 Å². The first kappa shape index (κ1) is 14.7. The van der Waals surface area contributed by atoms with Crippen LogP contribution in [-0.2, 0) is 0 Å². The molecule has 0 spiro atoms. The monoisotopic (exact) mass is 288 g/mol. The maximum atomic E-state index is 14.7. The van der Waals surface area contributed by atoms with Gasteiger partial charge >= 0.3 is 0 Å². The zero-order valence-electron chi connectivity index (χ0n) is 12.6. The zero-order chi connectivity index (χ0) is 14.4. The molecule has 20 heavy (non-hydrogen) atoms. The molecule has 3 heteroatoms. The number of hydrogen-bond donors (Lipinski definition) is 0. The third kappa shape index (κ3) is 2.74. The average molecular weight is 288 g/mol. The molecule has 0 aromatic carbocycles. The van der Waals surface area contributed by atoms with Crippen molar-refractivity contribution in [2.75, 3.05) is 0 Å². The van der Waals surface area contributed by atoms with Gasteiger partial charge in [-0.2, -0.15) is 0 Å². The van der Waals surface area contributed by atoms with Gasteiger partial charge in [-0.1, -0.05) is 13.8 Å². The third-order valence-corrected chi connectivity index (χ3v) is 6.25. The minimum absolute atomic E-state index is 0.0884. The van der Waals surface area contributed by atoms with Crippen molar-refractivity contribution in [2.24, 2.45) is 35.5 Å². The smallest absolute Gasteiger partial charge is 0.104 e. The maximum absolute atomic E-state index is 14.7. The first-order valence-corrected chi connectivity index (χ1v) is 8.39. The Kier molecular flexibility index (Phi) is 4.07. The van der Waals surface area contributed by atoms with E-state index in [0.717, 1.165) is 12.8 Å². The summed E-state index contributed by atoms with van der Waals surface area (Å²) >= 11 is 0. The Balaban J connectivity index is 1.81. The van der Waals surface area contributed by atoms with Crippen molar-refractivity contribution in [3.8, 4) is 0 Å². The molecule has 9 atom stereocenters. The molecule has 116 valence electrons. The molecule has 3 aliphatic carbocycles. The van der Waals surface area contributed by atoms with Crippen LogP contribution in [-0.4, -0.2) is 18.5 Å². The van der Waals surface area contributed by atoms with E-state index in [4.69, 9.17) is 0 Å². The fourth-order valence-corrected chi connectivity index (χ4v) is 5.03. The van der Waals surface area contributed by atoms with Crippen LogP contribution in [0.4, 0.5) is 13.2 Å². The van der Waals surface area contributed by atoms with Crippen LogP contribution in [0.2, 0.25) is 0 Å².